The van der Waals surface area contributed by atoms with Crippen LogP contribution in [0.2, 0.25) is 0 Å². The third-order valence-corrected chi connectivity index (χ3v) is 3.86. The zero-order valence-corrected chi connectivity index (χ0v) is 31.4. The summed E-state index contributed by atoms with van der Waals surface area (Å²) in [6.07, 6.45) is 1.84. The second-order valence-electron chi connectivity index (χ2n) is 5.90. The van der Waals surface area contributed by atoms with E-state index in [1.54, 1.807) is 0 Å². The van der Waals surface area contributed by atoms with Gasteiger partial charge in [-0.1, -0.05) is 69.2 Å². The van der Waals surface area contributed by atoms with Gasteiger partial charge < -0.3 is 0 Å². The Morgan fingerprint density at radius 2 is 0.553 bits per heavy atom. The second kappa shape index (κ2) is 40.2. The quantitative estimate of drug-likeness (QED) is 0.182. The van der Waals surface area contributed by atoms with Crippen molar-refractivity contribution in [3.8, 4) is 0 Å². The number of hydrogen-bond acceptors (Lipinski definition) is 0. The van der Waals surface area contributed by atoms with E-state index in [0.717, 1.165) is 12.8 Å². The largest absolute Gasteiger partial charge is 2.00 e. The molecule has 4 aromatic rings. The molecule has 0 saturated carbocycles. The maximum atomic E-state index is 3.20. The molecule has 0 heterocycles. The number of rotatable bonds is 4. The van der Waals surface area contributed by atoms with Crippen molar-refractivity contribution in [2.75, 3.05) is 0 Å². The first-order valence-corrected chi connectivity index (χ1v) is 13.7. The zero-order chi connectivity index (χ0) is 27.9. The molecule has 4 rings (SSSR count). The summed E-state index contributed by atoms with van der Waals surface area (Å²) in [4.78, 5) is 0. The van der Waals surface area contributed by atoms with Crippen molar-refractivity contribution in [3.63, 3.8) is 0 Å². The fourth-order valence-electron chi connectivity index (χ4n) is 2.57. The Morgan fingerprint density at radius 3 is 0.684 bits per heavy atom. The Morgan fingerprint density at radius 1 is 0.368 bits per heavy atom. The van der Waals surface area contributed by atoms with Crippen LogP contribution in [-0.2, 0) is 66.6 Å². The van der Waals surface area contributed by atoms with Gasteiger partial charge in [-0.05, 0) is 12.8 Å². The smallest absolute Gasteiger partial charge is 0.180 e. The molecule has 205 valence electrons. The van der Waals surface area contributed by atoms with E-state index in [9.17, 15) is 0 Å². The van der Waals surface area contributed by atoms with Gasteiger partial charge in [0, 0.05) is 32.7 Å². The van der Waals surface area contributed by atoms with E-state index >= 15 is 0 Å². The van der Waals surface area contributed by atoms with Crippen molar-refractivity contribution in [2.24, 2.45) is 0 Å². The summed E-state index contributed by atoms with van der Waals surface area (Å²) in [5, 5.41) is 0. The van der Waals surface area contributed by atoms with Crippen LogP contribution in [0.1, 0.15) is 91.5 Å². The zero-order valence-electron chi connectivity index (χ0n) is 25.6. The molecule has 0 nitrogen and oxygen atoms in total. The molecule has 0 aliphatic carbocycles. The average molecular weight is 756 g/mol. The Kier molecular flexibility index (Phi) is 49.2. The summed E-state index contributed by atoms with van der Waals surface area (Å²) in [6.45, 7) is 20.0. The first-order chi connectivity index (χ1) is 17.9. The van der Waals surface area contributed by atoms with Crippen LogP contribution in [0.25, 0.3) is 0 Å². The first kappa shape index (κ1) is 46.5. The molecule has 0 saturated heterocycles. The Labute approximate surface area is 277 Å². The SMILES string of the molecule is CC.CC.CC.CC.CC.[W+2].[Y].[c-]1ccccc1Cc1[c-]cccc1.[c-]1ccccc1Cc1[c-]cccc1. The molecule has 0 bridgehead atoms. The predicted octanol–water partition coefficient (Wildman–Crippen LogP) is 10.9. The van der Waals surface area contributed by atoms with Gasteiger partial charge in [0.05, 0.1) is 0 Å². The van der Waals surface area contributed by atoms with Gasteiger partial charge in [0.25, 0.3) is 0 Å². The molecule has 2 heteroatoms. The molecule has 0 aromatic heterocycles. The van der Waals surface area contributed by atoms with Gasteiger partial charge in [-0.2, -0.15) is 144 Å². The van der Waals surface area contributed by atoms with Crippen LogP contribution >= 0.6 is 0 Å². The van der Waals surface area contributed by atoms with E-state index in [-0.39, 0.29) is 53.8 Å². The van der Waals surface area contributed by atoms with E-state index < -0.39 is 0 Å². The van der Waals surface area contributed by atoms with E-state index in [4.69, 9.17) is 0 Å². The summed E-state index contributed by atoms with van der Waals surface area (Å²) >= 11 is 0. The molecule has 38 heavy (non-hydrogen) atoms. The standard InChI is InChI=1S/2C13H10.5C2H6.W.Y/c2*1-3-7-12(8-4-1)11-13-9-5-2-6-10-13;5*1-2;;/h2*1-7,9H,11H2;5*1-2H3;;/q2*-2;;;;;;+2;. The van der Waals surface area contributed by atoms with Crippen LogP contribution in [0.15, 0.2) is 97.1 Å². The predicted molar refractivity (Wildman–Crippen MR) is 163 cm³/mol. The van der Waals surface area contributed by atoms with E-state index in [2.05, 4.69) is 48.5 Å². The minimum atomic E-state index is 0. The molecule has 0 unspecified atom stereocenters. The van der Waals surface area contributed by atoms with Crippen LogP contribution in [-0.4, -0.2) is 0 Å². The maximum absolute atomic E-state index is 3.20. The fourth-order valence-corrected chi connectivity index (χ4v) is 2.57. The number of hydrogen-bond donors (Lipinski definition) is 0. The van der Waals surface area contributed by atoms with Crippen LogP contribution in [0.4, 0.5) is 0 Å². The van der Waals surface area contributed by atoms with Crippen molar-refractivity contribution in [1.29, 1.82) is 0 Å². The Hall–Kier alpha value is -1.33. The first-order valence-electron chi connectivity index (χ1n) is 13.7. The maximum Gasteiger partial charge on any atom is 2.00 e. The van der Waals surface area contributed by atoms with Crippen LogP contribution in [0, 0.1) is 24.3 Å². The minimum absolute atomic E-state index is 0. The molecular weight excluding hydrogens is 705 g/mol. The van der Waals surface area contributed by atoms with E-state index in [1.807, 2.05) is 142 Å². The van der Waals surface area contributed by atoms with E-state index in [0.29, 0.717) is 0 Å². The molecule has 0 fully saturated rings. The normalized spacial score (nSPS) is 7.53. The Balaban J connectivity index is -0.000000138. The third-order valence-electron chi connectivity index (χ3n) is 3.86. The summed E-state index contributed by atoms with van der Waals surface area (Å²) in [7, 11) is 0. The molecule has 0 spiro atoms. The van der Waals surface area contributed by atoms with Gasteiger partial charge >= 0.3 is 21.1 Å². The molecule has 0 aliphatic heterocycles. The summed E-state index contributed by atoms with van der Waals surface area (Å²) < 4.78 is 0. The second-order valence-corrected chi connectivity index (χ2v) is 5.90. The van der Waals surface area contributed by atoms with Gasteiger partial charge in [0.1, 0.15) is 0 Å². The summed E-state index contributed by atoms with van der Waals surface area (Å²) in [6, 6.07) is 45.0. The van der Waals surface area contributed by atoms with E-state index in [1.165, 1.54) is 22.3 Å². The van der Waals surface area contributed by atoms with Crippen molar-refractivity contribution in [2.45, 2.75) is 82.1 Å². The molecule has 1 radical (unpaired) electrons. The monoisotopic (exact) mass is 755 g/mol. The average Bonchev–Trinajstić information content (AvgIpc) is 3.01. The van der Waals surface area contributed by atoms with Gasteiger partial charge in [0.15, 0.2) is 0 Å². The Bertz CT molecular complexity index is 712. The van der Waals surface area contributed by atoms with Gasteiger partial charge in [-0.25, -0.2) is 0 Å². The summed E-state index contributed by atoms with van der Waals surface area (Å²) in [5.74, 6) is 0. The van der Waals surface area contributed by atoms with Gasteiger partial charge in [-0.15, -0.1) is 0 Å². The molecule has 0 amide bonds. The summed E-state index contributed by atoms with van der Waals surface area (Å²) in [5.41, 5.74) is 4.85. The third kappa shape index (κ3) is 26.3. The van der Waals surface area contributed by atoms with Crippen LogP contribution in [0.3, 0.4) is 0 Å². The van der Waals surface area contributed by atoms with Crippen molar-refractivity contribution in [1.82, 2.24) is 0 Å². The minimum Gasteiger partial charge on any atom is -0.180 e. The topological polar surface area (TPSA) is 0 Å². The van der Waals surface area contributed by atoms with Gasteiger partial charge in [-0.3, -0.25) is 0 Å². The molecule has 0 aliphatic rings. The van der Waals surface area contributed by atoms with Crippen molar-refractivity contribution < 1.29 is 53.8 Å². The van der Waals surface area contributed by atoms with Crippen LogP contribution in [0.5, 0.6) is 0 Å². The van der Waals surface area contributed by atoms with Crippen molar-refractivity contribution in [3.05, 3.63) is 144 Å². The molecule has 0 N–H and O–H groups in total. The van der Waals surface area contributed by atoms with Crippen molar-refractivity contribution >= 4 is 0 Å². The molecule has 0 atom stereocenters. The fraction of sp³-hybridized carbons (Fsp3) is 0.333. The molecular formula is C36H50WY-2. The van der Waals surface area contributed by atoms with Crippen LogP contribution < -0.4 is 0 Å². The molecule has 4 aromatic carbocycles. The van der Waals surface area contributed by atoms with Gasteiger partial charge in [0.2, 0.25) is 0 Å². The number of benzene rings is 4.